The summed E-state index contributed by atoms with van der Waals surface area (Å²) in [4.78, 5) is 34.2. The maximum atomic E-state index is 14.1. The van der Waals surface area contributed by atoms with Gasteiger partial charge in [-0.1, -0.05) is 61.7 Å². The van der Waals surface area contributed by atoms with Crippen LogP contribution in [0.25, 0.3) is 21.3 Å². The Bertz CT molecular complexity index is 1240. The molecule has 1 aliphatic carbocycles. The molecule has 1 aromatic heterocycles. The molecule has 3 atom stereocenters. The first-order valence-electron chi connectivity index (χ1n) is 14.0. The third-order valence-electron chi connectivity index (χ3n) is 7.98. The van der Waals surface area contributed by atoms with Gasteiger partial charge in [-0.3, -0.25) is 9.59 Å². The lowest BCUT2D eigenvalue weighted by molar-refractivity contribution is -0.139. The molecule has 2 amide bonds. The zero-order valence-corrected chi connectivity index (χ0v) is 22.9. The first kappa shape index (κ1) is 26.8. The van der Waals surface area contributed by atoms with Crippen molar-refractivity contribution in [2.75, 3.05) is 19.7 Å². The highest BCUT2D eigenvalue weighted by atomic mass is 32.1. The predicted molar refractivity (Wildman–Crippen MR) is 152 cm³/mol. The van der Waals surface area contributed by atoms with E-state index >= 15 is 0 Å². The van der Waals surface area contributed by atoms with Crippen molar-refractivity contribution in [2.24, 2.45) is 5.92 Å². The fourth-order valence-electron chi connectivity index (χ4n) is 5.93. The number of likely N-dealkylation sites (tertiary alicyclic amines) is 1. The lowest BCUT2D eigenvalue weighted by Crippen LogP contribution is -2.56. The Labute approximate surface area is 228 Å². The van der Waals surface area contributed by atoms with Crippen LogP contribution in [-0.4, -0.2) is 58.6 Å². The van der Waals surface area contributed by atoms with Crippen molar-refractivity contribution in [3.63, 3.8) is 0 Å². The molecular formula is C30H38N4O3S. The maximum absolute atomic E-state index is 14.1. The summed E-state index contributed by atoms with van der Waals surface area (Å²) in [7, 11) is 0. The molecule has 1 saturated carbocycles. The monoisotopic (exact) mass is 534 g/mol. The summed E-state index contributed by atoms with van der Waals surface area (Å²) in [6.07, 6.45) is 7.08. The highest BCUT2D eigenvalue weighted by molar-refractivity contribution is 7.18. The second kappa shape index (κ2) is 12.4. The lowest BCUT2D eigenvalue weighted by atomic mass is 9.83. The number of thiazole rings is 1. The number of hydrogen-bond donors (Lipinski definition) is 3. The van der Waals surface area contributed by atoms with Gasteiger partial charge in [-0.25, -0.2) is 4.98 Å². The average Bonchev–Trinajstić information content (AvgIpc) is 3.62. The van der Waals surface area contributed by atoms with Crippen LogP contribution in [0.3, 0.4) is 0 Å². The summed E-state index contributed by atoms with van der Waals surface area (Å²) in [5.41, 5.74) is 3.23. The van der Waals surface area contributed by atoms with Gasteiger partial charge in [-0.05, 0) is 50.2 Å². The van der Waals surface area contributed by atoms with Crippen molar-refractivity contribution in [1.82, 2.24) is 20.5 Å². The van der Waals surface area contributed by atoms with Crippen molar-refractivity contribution in [1.29, 1.82) is 0 Å². The van der Waals surface area contributed by atoms with Crippen LogP contribution in [0.5, 0.6) is 0 Å². The number of carbonyl (C=O) groups is 2. The van der Waals surface area contributed by atoms with E-state index < -0.39 is 12.1 Å². The van der Waals surface area contributed by atoms with Gasteiger partial charge in [0.1, 0.15) is 11.0 Å². The van der Waals surface area contributed by atoms with Gasteiger partial charge in [-0.2, -0.15) is 0 Å². The van der Waals surface area contributed by atoms with Gasteiger partial charge in [-0.15, -0.1) is 11.3 Å². The van der Waals surface area contributed by atoms with Gasteiger partial charge in [0, 0.05) is 18.7 Å². The lowest BCUT2D eigenvalue weighted by Gasteiger charge is -2.35. The third kappa shape index (κ3) is 5.77. The van der Waals surface area contributed by atoms with Gasteiger partial charge >= 0.3 is 0 Å². The van der Waals surface area contributed by atoms with Crippen molar-refractivity contribution >= 4 is 33.4 Å². The number of aromatic nitrogens is 1. The number of para-hydroxylation sites is 1. The maximum Gasteiger partial charge on any atom is 0.246 e. The molecule has 2 fully saturated rings. The van der Waals surface area contributed by atoms with Crippen LogP contribution in [0.1, 0.15) is 62.9 Å². The van der Waals surface area contributed by atoms with Crippen LogP contribution in [-0.2, 0) is 9.59 Å². The minimum absolute atomic E-state index is 0.0182. The molecule has 7 nitrogen and oxygen atoms in total. The topological polar surface area (TPSA) is 94.6 Å². The van der Waals surface area contributed by atoms with E-state index in [1.807, 2.05) is 23.1 Å². The van der Waals surface area contributed by atoms with Crippen LogP contribution in [0.15, 0.2) is 48.5 Å². The molecule has 2 aliphatic rings. The number of nitrogens with one attached hydrogen (secondary N) is 2. The number of hydrogen-bond acceptors (Lipinski definition) is 6. The van der Waals surface area contributed by atoms with E-state index in [4.69, 9.17) is 10.1 Å². The van der Waals surface area contributed by atoms with Crippen LogP contribution in [0, 0.1) is 5.92 Å². The number of nitrogens with zero attached hydrogens (tertiary/aromatic N) is 2. The summed E-state index contributed by atoms with van der Waals surface area (Å²) in [6, 6.07) is 15.5. The molecule has 0 bridgehead atoms. The highest BCUT2D eigenvalue weighted by Crippen LogP contribution is 2.40. The first-order valence-corrected chi connectivity index (χ1v) is 14.8. The van der Waals surface area contributed by atoms with Crippen molar-refractivity contribution in [3.05, 3.63) is 53.5 Å². The van der Waals surface area contributed by atoms with Gasteiger partial charge in [0.2, 0.25) is 11.8 Å². The Morgan fingerprint density at radius 2 is 1.84 bits per heavy atom. The molecule has 2 aromatic carbocycles. The SMILES string of the molecule is C[C@@H](NCCO)C(=O)N[C@H](C(=O)N1CCC[C@H]1c1nc2c(-c3ccccc3)cccc2s1)C1CCCCC1. The summed E-state index contributed by atoms with van der Waals surface area (Å²) in [5.74, 6) is -0.0261. The molecule has 0 unspecified atom stereocenters. The number of carbonyl (C=O) groups excluding carboxylic acids is 2. The first-order chi connectivity index (χ1) is 18.6. The molecule has 38 heavy (non-hydrogen) atoms. The van der Waals surface area contributed by atoms with Gasteiger partial charge in [0.05, 0.1) is 28.9 Å². The fourth-order valence-corrected chi connectivity index (χ4v) is 7.07. The number of benzene rings is 2. The Kier molecular flexibility index (Phi) is 8.72. The summed E-state index contributed by atoms with van der Waals surface area (Å²) >= 11 is 1.67. The van der Waals surface area contributed by atoms with Gasteiger partial charge in [0.25, 0.3) is 0 Å². The molecule has 0 radical (unpaired) electrons. The summed E-state index contributed by atoms with van der Waals surface area (Å²) in [5, 5.41) is 16.2. The molecule has 3 N–H and O–H groups in total. The molecule has 1 saturated heterocycles. The Hall–Kier alpha value is -2.81. The van der Waals surface area contributed by atoms with E-state index in [0.29, 0.717) is 13.1 Å². The second-order valence-corrected chi connectivity index (χ2v) is 11.6. The van der Waals surface area contributed by atoms with E-state index in [9.17, 15) is 9.59 Å². The number of aliphatic hydroxyl groups excluding tert-OH is 1. The average molecular weight is 535 g/mol. The van der Waals surface area contributed by atoms with Crippen molar-refractivity contribution in [2.45, 2.75) is 70.0 Å². The Morgan fingerprint density at radius 3 is 2.61 bits per heavy atom. The van der Waals surface area contributed by atoms with Crippen LogP contribution < -0.4 is 10.6 Å². The highest BCUT2D eigenvalue weighted by Gasteiger charge is 2.40. The molecule has 0 spiro atoms. The van der Waals surface area contributed by atoms with E-state index in [1.165, 1.54) is 6.42 Å². The van der Waals surface area contributed by atoms with Gasteiger partial charge < -0.3 is 20.6 Å². The minimum Gasteiger partial charge on any atom is -0.395 e. The summed E-state index contributed by atoms with van der Waals surface area (Å²) < 4.78 is 1.13. The van der Waals surface area contributed by atoms with E-state index in [2.05, 4.69) is 41.0 Å². The van der Waals surface area contributed by atoms with E-state index in [1.54, 1.807) is 18.3 Å². The van der Waals surface area contributed by atoms with E-state index in [-0.39, 0.29) is 30.4 Å². The molecule has 1 aliphatic heterocycles. The second-order valence-electron chi connectivity index (χ2n) is 10.5. The number of fused-ring (bicyclic) bond motifs is 1. The zero-order valence-electron chi connectivity index (χ0n) is 22.1. The predicted octanol–water partition coefficient (Wildman–Crippen LogP) is 4.66. The molecular weight excluding hydrogens is 496 g/mol. The Morgan fingerprint density at radius 1 is 1.05 bits per heavy atom. The summed E-state index contributed by atoms with van der Waals surface area (Å²) in [6.45, 7) is 2.76. The number of rotatable bonds is 9. The molecule has 5 rings (SSSR count). The molecule has 3 aromatic rings. The number of amides is 2. The van der Waals surface area contributed by atoms with E-state index in [0.717, 1.165) is 64.9 Å². The van der Waals surface area contributed by atoms with Crippen LogP contribution in [0.2, 0.25) is 0 Å². The minimum atomic E-state index is -0.531. The zero-order chi connectivity index (χ0) is 26.5. The molecule has 8 heteroatoms. The molecule has 2 heterocycles. The standard InChI is InChI=1S/C30H38N4O3S/c1-20(31-17-19-35)28(36)32-26(22-12-6-3-7-13-22)30(37)34-18-9-15-24(34)29-33-27-23(14-8-16-25(27)38-29)21-10-4-2-5-11-21/h2,4-5,8,10-11,14,16,20,22,24,26,31,35H,3,6-7,9,12-13,15,17-19H2,1H3,(H,32,36)/t20-,24+,26+/m1/s1. The third-order valence-corrected chi connectivity index (χ3v) is 9.10. The smallest absolute Gasteiger partial charge is 0.246 e. The fraction of sp³-hybridized carbons (Fsp3) is 0.500. The van der Waals surface area contributed by atoms with Crippen molar-refractivity contribution < 1.29 is 14.7 Å². The Balaban J connectivity index is 1.40. The normalized spacial score (nSPS) is 19.9. The van der Waals surface area contributed by atoms with Crippen LogP contribution in [0.4, 0.5) is 0 Å². The van der Waals surface area contributed by atoms with Crippen molar-refractivity contribution in [3.8, 4) is 11.1 Å². The van der Waals surface area contributed by atoms with Crippen LogP contribution >= 0.6 is 11.3 Å². The largest absolute Gasteiger partial charge is 0.395 e. The quantitative estimate of drug-likeness (QED) is 0.371. The molecule has 202 valence electrons. The van der Waals surface area contributed by atoms with Gasteiger partial charge in [0.15, 0.2) is 0 Å². The number of aliphatic hydroxyl groups is 1.